The van der Waals surface area contributed by atoms with E-state index in [2.05, 4.69) is 0 Å². The molecule has 0 aliphatic rings. The van der Waals surface area contributed by atoms with Crippen LogP contribution in [0.4, 0.5) is 74.6 Å². The Balaban J connectivity index is 6.71. The number of hydrogen-bond acceptors (Lipinski definition) is 1. The van der Waals surface area contributed by atoms with Crippen molar-refractivity contribution in [2.24, 2.45) is 0 Å². The molecule has 0 rings (SSSR count). The Kier molecular flexibility index (Phi) is 8.36. The lowest BCUT2D eigenvalue weighted by molar-refractivity contribution is -0.910. The number of aliphatic hydroxyl groups excluding tert-OH is 1. The number of alkyl halides is 17. The van der Waals surface area contributed by atoms with Crippen LogP contribution in [0.3, 0.4) is 0 Å². The first-order chi connectivity index (χ1) is 14.5. The SMILES string of the molecule is CC[N+](C)(CC)CC(O)C(F)(F)C(F)(F)C(F)(F)C(F)(F)C(F)(F)C(F)(F)C(F)(F)C(F)(F)F. The van der Waals surface area contributed by atoms with Gasteiger partial charge in [-0.15, -0.1) is 0 Å². The summed E-state index contributed by atoms with van der Waals surface area (Å²) in [7, 11) is 0.956. The number of rotatable bonds is 11. The highest BCUT2D eigenvalue weighted by Crippen LogP contribution is 2.64. The van der Waals surface area contributed by atoms with E-state index in [4.69, 9.17) is 0 Å². The Labute approximate surface area is 179 Å². The Morgan fingerprint density at radius 2 is 0.794 bits per heavy atom. The molecule has 0 fully saturated rings. The van der Waals surface area contributed by atoms with Crippen molar-refractivity contribution in [3.8, 4) is 0 Å². The Bertz CT molecular complexity index is 710. The van der Waals surface area contributed by atoms with Crippen LogP contribution in [0.15, 0.2) is 0 Å². The van der Waals surface area contributed by atoms with Gasteiger partial charge in [0.25, 0.3) is 0 Å². The Morgan fingerprint density at radius 3 is 1.06 bits per heavy atom. The van der Waals surface area contributed by atoms with Crippen molar-refractivity contribution < 1.29 is 84.2 Å². The molecule has 0 bridgehead atoms. The maximum absolute atomic E-state index is 13.9. The summed E-state index contributed by atoms with van der Waals surface area (Å²) in [5, 5.41) is 9.31. The number of quaternary nitrogens is 1. The lowest BCUT2D eigenvalue weighted by atomic mass is 9.87. The van der Waals surface area contributed by atoms with E-state index in [0.717, 1.165) is 7.05 Å². The molecule has 19 heteroatoms. The van der Waals surface area contributed by atoms with Crippen molar-refractivity contribution in [1.82, 2.24) is 0 Å². The fraction of sp³-hybridized carbons (Fsp3) is 1.00. The molecule has 0 heterocycles. The minimum Gasteiger partial charge on any atom is -0.381 e. The zero-order valence-electron chi connectivity index (χ0n) is 17.0. The summed E-state index contributed by atoms with van der Waals surface area (Å²) in [6, 6.07) is 0. The highest BCUT2D eigenvalue weighted by molar-refractivity contribution is 5.15. The minimum atomic E-state index is -8.68. The predicted molar refractivity (Wildman–Crippen MR) is 78.8 cm³/mol. The molecule has 0 radical (unpaired) electrons. The van der Waals surface area contributed by atoms with E-state index in [1.165, 1.54) is 13.8 Å². The molecule has 206 valence electrons. The number of aliphatic hydroxyl groups is 1. The minimum absolute atomic E-state index is 0.279. The monoisotopic (exact) mass is 550 g/mol. The molecule has 1 atom stereocenters. The van der Waals surface area contributed by atoms with Crippen LogP contribution in [0.25, 0.3) is 0 Å². The molecule has 0 saturated heterocycles. The standard InChI is InChI=1S/C15H17F17NO/c1-4-33(3,5-2)6-7(34)8(16,17)9(18,19)10(20,21)11(22,23)12(24,25)13(26,27)14(28,29)15(30,31)32/h7,34H,4-6H2,1-3H3/q+1. The molecule has 1 unspecified atom stereocenters. The van der Waals surface area contributed by atoms with Crippen molar-refractivity contribution in [1.29, 1.82) is 0 Å². The summed E-state index contributed by atoms with van der Waals surface area (Å²) in [5.41, 5.74) is 0. The van der Waals surface area contributed by atoms with E-state index < -0.39 is 64.8 Å². The van der Waals surface area contributed by atoms with E-state index in [1.54, 1.807) is 0 Å². The Hall–Kier alpha value is -1.27. The smallest absolute Gasteiger partial charge is 0.381 e. The van der Waals surface area contributed by atoms with Crippen LogP contribution < -0.4 is 0 Å². The fourth-order valence-electron chi connectivity index (χ4n) is 2.40. The van der Waals surface area contributed by atoms with Crippen LogP contribution >= 0.6 is 0 Å². The van der Waals surface area contributed by atoms with Gasteiger partial charge < -0.3 is 9.59 Å². The first-order valence-corrected chi connectivity index (χ1v) is 8.73. The summed E-state index contributed by atoms with van der Waals surface area (Å²) in [5.74, 6) is -57.1. The van der Waals surface area contributed by atoms with Gasteiger partial charge in [-0.2, -0.15) is 74.6 Å². The molecular weight excluding hydrogens is 533 g/mol. The zero-order chi connectivity index (χ0) is 28.2. The molecule has 1 N–H and O–H groups in total. The number of halogens is 17. The van der Waals surface area contributed by atoms with Gasteiger partial charge in [-0.1, -0.05) is 0 Å². The first kappa shape index (κ1) is 32.7. The molecule has 0 aromatic rings. The summed E-state index contributed by atoms with van der Waals surface area (Å²) in [6.07, 6.45) is -11.8. The van der Waals surface area contributed by atoms with Gasteiger partial charge >= 0.3 is 47.6 Å². The molecule has 0 amide bonds. The summed E-state index contributed by atoms with van der Waals surface area (Å²) in [6.45, 7) is 0.213. The summed E-state index contributed by atoms with van der Waals surface area (Å²) < 4.78 is 224. The van der Waals surface area contributed by atoms with Gasteiger partial charge in [0.2, 0.25) is 0 Å². The molecule has 0 aliphatic carbocycles. The second-order valence-electron chi connectivity index (χ2n) is 7.52. The number of nitrogens with zero attached hydrogens (tertiary/aromatic N) is 1. The van der Waals surface area contributed by atoms with E-state index in [0.29, 0.717) is 0 Å². The number of hydrogen-bond donors (Lipinski definition) is 1. The Morgan fingerprint density at radius 1 is 0.529 bits per heavy atom. The van der Waals surface area contributed by atoms with Gasteiger partial charge in [0.15, 0.2) is 6.10 Å². The normalized spacial score (nSPS) is 17.2. The second kappa shape index (κ2) is 8.69. The van der Waals surface area contributed by atoms with E-state index in [-0.39, 0.29) is 13.1 Å². The van der Waals surface area contributed by atoms with Gasteiger partial charge in [-0.25, -0.2) is 0 Å². The lowest BCUT2D eigenvalue weighted by Crippen LogP contribution is -2.75. The van der Waals surface area contributed by atoms with Gasteiger partial charge in [-0.05, 0) is 13.8 Å². The average Bonchev–Trinajstić information content (AvgIpc) is 2.65. The molecule has 0 aromatic carbocycles. The van der Waals surface area contributed by atoms with Crippen molar-refractivity contribution in [2.45, 2.75) is 67.6 Å². The van der Waals surface area contributed by atoms with Crippen molar-refractivity contribution in [3.63, 3.8) is 0 Å². The van der Waals surface area contributed by atoms with Crippen molar-refractivity contribution in [3.05, 3.63) is 0 Å². The van der Waals surface area contributed by atoms with Crippen LogP contribution in [-0.2, 0) is 0 Å². The average molecular weight is 550 g/mol. The van der Waals surface area contributed by atoms with Crippen molar-refractivity contribution in [2.75, 3.05) is 26.7 Å². The quantitative estimate of drug-likeness (QED) is 0.253. The summed E-state index contributed by atoms with van der Waals surface area (Å²) in [4.78, 5) is 0. The third-order valence-electron chi connectivity index (χ3n) is 5.31. The van der Waals surface area contributed by atoms with Crippen LogP contribution in [0.1, 0.15) is 13.8 Å². The zero-order valence-corrected chi connectivity index (χ0v) is 17.0. The van der Waals surface area contributed by atoms with Crippen LogP contribution in [0, 0.1) is 0 Å². The molecule has 0 saturated carbocycles. The van der Waals surface area contributed by atoms with Crippen molar-refractivity contribution >= 4 is 0 Å². The molecule has 0 aliphatic heterocycles. The van der Waals surface area contributed by atoms with Gasteiger partial charge in [0, 0.05) is 0 Å². The maximum Gasteiger partial charge on any atom is 0.460 e. The molecule has 34 heavy (non-hydrogen) atoms. The lowest BCUT2D eigenvalue weighted by Gasteiger charge is -2.44. The van der Waals surface area contributed by atoms with E-state index in [1.807, 2.05) is 0 Å². The maximum atomic E-state index is 13.9. The van der Waals surface area contributed by atoms with Gasteiger partial charge in [-0.3, -0.25) is 0 Å². The highest BCUT2D eigenvalue weighted by atomic mass is 19.4. The first-order valence-electron chi connectivity index (χ1n) is 8.73. The molecule has 0 spiro atoms. The second-order valence-corrected chi connectivity index (χ2v) is 7.52. The highest BCUT2D eigenvalue weighted by Gasteiger charge is 2.95. The van der Waals surface area contributed by atoms with Gasteiger partial charge in [0.05, 0.1) is 20.1 Å². The van der Waals surface area contributed by atoms with E-state index >= 15 is 0 Å². The van der Waals surface area contributed by atoms with E-state index in [9.17, 15) is 79.7 Å². The van der Waals surface area contributed by atoms with Crippen LogP contribution in [0.2, 0.25) is 0 Å². The van der Waals surface area contributed by atoms with Crippen LogP contribution in [0.5, 0.6) is 0 Å². The third-order valence-corrected chi connectivity index (χ3v) is 5.31. The predicted octanol–water partition coefficient (Wildman–Crippen LogP) is 5.84. The molecule has 2 nitrogen and oxygen atoms in total. The third kappa shape index (κ3) is 4.38. The molecule has 0 aromatic heterocycles. The topological polar surface area (TPSA) is 20.2 Å². The fourth-order valence-corrected chi connectivity index (χ4v) is 2.40. The number of likely N-dealkylation sites (N-methyl/N-ethyl adjacent to an activating group) is 1. The summed E-state index contributed by atoms with van der Waals surface area (Å²) >= 11 is 0. The van der Waals surface area contributed by atoms with Gasteiger partial charge in [0.1, 0.15) is 6.54 Å². The molecular formula is C15H17F17NO+. The largest absolute Gasteiger partial charge is 0.460 e. The van der Waals surface area contributed by atoms with Crippen LogP contribution in [-0.4, -0.2) is 90.0 Å².